The number of carbonyl (C=O) groups is 3. The number of phenols is 2. The van der Waals surface area contributed by atoms with Crippen LogP contribution in [0.2, 0.25) is 0 Å². The number of benzene rings is 2. The van der Waals surface area contributed by atoms with Crippen LogP contribution >= 0.6 is 0 Å². The van der Waals surface area contributed by atoms with Crippen molar-refractivity contribution < 1.29 is 58.5 Å². The van der Waals surface area contributed by atoms with E-state index in [1.165, 1.54) is 12.1 Å². The number of halogens is 1. The van der Waals surface area contributed by atoms with Gasteiger partial charge in [0.05, 0.1) is 48.2 Å². The topological polar surface area (TPSA) is 183 Å². The SMILES string of the molecule is CC1OC(OC2CC(O)(C(=O)CO)Cc3c(O)c4c(c(O)c32)C(=O)c2c(F)cccc2C4=O)CC(N2CCOCC2)C1O. The van der Waals surface area contributed by atoms with Crippen LogP contribution in [0.4, 0.5) is 4.39 Å². The number of nitrogens with zero attached hydrogens (tertiary/aromatic N) is 1. The van der Waals surface area contributed by atoms with Crippen LogP contribution in [-0.4, -0.2) is 111 Å². The molecule has 43 heavy (non-hydrogen) atoms. The van der Waals surface area contributed by atoms with Crippen molar-refractivity contribution in [1.29, 1.82) is 0 Å². The van der Waals surface area contributed by atoms with E-state index < -0.39 is 107 Å². The predicted molar refractivity (Wildman–Crippen MR) is 143 cm³/mol. The highest BCUT2D eigenvalue weighted by atomic mass is 19.1. The number of aliphatic hydroxyl groups excluding tert-OH is 2. The summed E-state index contributed by atoms with van der Waals surface area (Å²) in [5.74, 6) is -5.45. The van der Waals surface area contributed by atoms with E-state index in [0.29, 0.717) is 26.3 Å². The van der Waals surface area contributed by atoms with Gasteiger partial charge in [0, 0.05) is 55.1 Å². The number of hydrogen-bond acceptors (Lipinski definition) is 12. The third-order valence-electron chi connectivity index (χ3n) is 9.01. The van der Waals surface area contributed by atoms with Crippen molar-refractivity contribution in [3.05, 3.63) is 57.4 Å². The number of ketones is 3. The van der Waals surface area contributed by atoms with Gasteiger partial charge in [-0.05, 0) is 13.0 Å². The molecule has 0 radical (unpaired) electrons. The average molecular weight is 602 g/mol. The van der Waals surface area contributed by atoms with Crippen molar-refractivity contribution in [2.24, 2.45) is 0 Å². The van der Waals surface area contributed by atoms with Crippen LogP contribution in [0.25, 0.3) is 0 Å². The van der Waals surface area contributed by atoms with Crippen LogP contribution in [0.1, 0.15) is 68.8 Å². The average Bonchev–Trinajstić information content (AvgIpc) is 2.99. The summed E-state index contributed by atoms with van der Waals surface area (Å²) in [4.78, 5) is 41.7. The molecule has 12 nitrogen and oxygen atoms in total. The van der Waals surface area contributed by atoms with Crippen molar-refractivity contribution in [1.82, 2.24) is 4.90 Å². The summed E-state index contributed by atoms with van der Waals surface area (Å²) in [5, 5.41) is 54.8. The van der Waals surface area contributed by atoms with Gasteiger partial charge in [0.1, 0.15) is 29.5 Å². The molecule has 2 aliphatic heterocycles. The van der Waals surface area contributed by atoms with Gasteiger partial charge in [0.15, 0.2) is 17.9 Å². The van der Waals surface area contributed by atoms with Gasteiger partial charge in [-0.1, -0.05) is 12.1 Å². The Kier molecular flexibility index (Phi) is 7.62. The normalized spacial score (nSPS) is 30.9. The Morgan fingerprint density at radius 3 is 2.51 bits per heavy atom. The molecule has 0 saturated carbocycles. The Morgan fingerprint density at radius 2 is 1.81 bits per heavy atom. The van der Waals surface area contributed by atoms with E-state index in [9.17, 15) is 44.3 Å². The van der Waals surface area contributed by atoms with Crippen LogP contribution < -0.4 is 0 Å². The maximum Gasteiger partial charge on any atom is 0.201 e. The molecule has 6 atom stereocenters. The molecular weight excluding hydrogens is 569 g/mol. The van der Waals surface area contributed by atoms with Crippen molar-refractivity contribution in [3.8, 4) is 11.5 Å². The molecular formula is C30H32FNO11. The van der Waals surface area contributed by atoms with Crippen LogP contribution in [0.5, 0.6) is 11.5 Å². The minimum atomic E-state index is -2.28. The number of carbonyl (C=O) groups excluding carboxylic acids is 3. The third kappa shape index (κ3) is 4.75. The number of phenolic OH excluding ortho intramolecular Hbond substituents is 2. The predicted octanol–water partition coefficient (Wildman–Crippen LogP) is 0.505. The Hall–Kier alpha value is -3.30. The van der Waals surface area contributed by atoms with E-state index in [1.807, 2.05) is 4.90 Å². The lowest BCUT2D eigenvalue weighted by atomic mass is 9.72. The number of aliphatic hydroxyl groups is 3. The van der Waals surface area contributed by atoms with Crippen molar-refractivity contribution in [2.45, 2.75) is 62.4 Å². The Labute approximate surface area is 245 Å². The van der Waals surface area contributed by atoms with E-state index in [4.69, 9.17) is 14.2 Å². The van der Waals surface area contributed by atoms with E-state index >= 15 is 0 Å². The molecule has 2 fully saturated rings. The monoisotopic (exact) mass is 601 g/mol. The lowest BCUT2D eigenvalue weighted by molar-refractivity contribution is -0.260. The van der Waals surface area contributed by atoms with Crippen molar-refractivity contribution in [3.63, 3.8) is 0 Å². The second-order valence-electron chi connectivity index (χ2n) is 11.5. The summed E-state index contributed by atoms with van der Waals surface area (Å²) in [6, 6.07) is 3.05. The Morgan fingerprint density at radius 1 is 1.12 bits per heavy atom. The Balaban J connectivity index is 1.44. The van der Waals surface area contributed by atoms with Gasteiger partial charge in [-0.25, -0.2) is 4.39 Å². The molecule has 0 bridgehead atoms. The largest absolute Gasteiger partial charge is 0.507 e. The van der Waals surface area contributed by atoms with Gasteiger partial charge < -0.3 is 39.7 Å². The number of Topliss-reactive ketones (excluding diaryl/α,β-unsaturated/α-hetero) is 1. The Bertz CT molecular complexity index is 1510. The highest BCUT2D eigenvalue weighted by Crippen LogP contribution is 2.52. The van der Waals surface area contributed by atoms with E-state index in [1.54, 1.807) is 6.92 Å². The number of hydrogen-bond donors (Lipinski definition) is 5. The molecule has 2 aromatic rings. The van der Waals surface area contributed by atoms with Gasteiger partial charge in [-0.2, -0.15) is 0 Å². The molecule has 4 aliphatic rings. The number of morpholine rings is 1. The zero-order valence-corrected chi connectivity index (χ0v) is 23.3. The zero-order valence-electron chi connectivity index (χ0n) is 23.3. The maximum absolute atomic E-state index is 14.7. The molecule has 2 saturated heterocycles. The van der Waals surface area contributed by atoms with E-state index in [2.05, 4.69) is 0 Å². The molecule has 230 valence electrons. The van der Waals surface area contributed by atoms with Crippen LogP contribution in [0.15, 0.2) is 18.2 Å². The molecule has 0 aromatic heterocycles. The van der Waals surface area contributed by atoms with Gasteiger partial charge in [0.25, 0.3) is 0 Å². The summed E-state index contributed by atoms with van der Waals surface area (Å²) in [6.45, 7) is 2.70. The van der Waals surface area contributed by atoms with Gasteiger partial charge in [-0.3, -0.25) is 19.3 Å². The number of rotatable bonds is 5. The lowest BCUT2D eigenvalue weighted by Gasteiger charge is -2.46. The summed E-state index contributed by atoms with van der Waals surface area (Å²) >= 11 is 0. The third-order valence-corrected chi connectivity index (χ3v) is 9.01. The second-order valence-corrected chi connectivity index (χ2v) is 11.5. The fraction of sp³-hybridized carbons (Fsp3) is 0.500. The number of ether oxygens (including phenoxy) is 3. The first-order valence-corrected chi connectivity index (χ1v) is 14.1. The summed E-state index contributed by atoms with van der Waals surface area (Å²) in [7, 11) is 0. The molecule has 6 unspecified atom stereocenters. The molecule has 0 amide bonds. The van der Waals surface area contributed by atoms with Crippen LogP contribution in [0, 0.1) is 5.82 Å². The van der Waals surface area contributed by atoms with Crippen LogP contribution in [-0.2, 0) is 25.4 Å². The molecule has 0 spiro atoms. The summed E-state index contributed by atoms with van der Waals surface area (Å²) in [5.41, 5.74) is -4.75. The second kappa shape index (κ2) is 11.0. The summed E-state index contributed by atoms with van der Waals surface area (Å²) in [6.07, 6.45) is -4.95. The fourth-order valence-corrected chi connectivity index (χ4v) is 6.78. The molecule has 2 heterocycles. The number of aromatic hydroxyl groups is 2. The highest BCUT2D eigenvalue weighted by molar-refractivity contribution is 6.30. The molecule has 13 heteroatoms. The first-order valence-electron chi connectivity index (χ1n) is 14.1. The van der Waals surface area contributed by atoms with E-state index in [-0.39, 0.29) is 23.1 Å². The molecule has 2 aliphatic carbocycles. The smallest absolute Gasteiger partial charge is 0.201 e. The van der Waals surface area contributed by atoms with Crippen molar-refractivity contribution >= 4 is 17.3 Å². The van der Waals surface area contributed by atoms with Crippen LogP contribution in [0.3, 0.4) is 0 Å². The maximum atomic E-state index is 14.7. The lowest BCUT2D eigenvalue weighted by Crippen LogP contribution is -2.58. The standard InChI is InChI=1S/C30H32FNO11/c1-13-25(35)17(32-5-7-41-8-6-32)9-20(42-13)43-18-11-30(40,19(34)12-33)10-15-22(18)29(39)24-23(27(15)37)26(36)14-3-2-4-16(31)21(14)28(24)38/h2-4,13,17-18,20,25,33,35,37,39-40H,5-12H2,1H3. The minimum Gasteiger partial charge on any atom is -0.507 e. The van der Waals surface area contributed by atoms with Gasteiger partial charge in [0.2, 0.25) is 5.78 Å². The van der Waals surface area contributed by atoms with Crippen molar-refractivity contribution in [2.75, 3.05) is 32.9 Å². The molecule has 5 N–H and O–H groups in total. The first kappa shape index (κ1) is 29.8. The number of fused-ring (bicyclic) bond motifs is 3. The van der Waals surface area contributed by atoms with Gasteiger partial charge in [-0.15, -0.1) is 0 Å². The quantitative estimate of drug-likeness (QED) is 0.256. The minimum absolute atomic E-state index is 0.150. The fourth-order valence-electron chi connectivity index (χ4n) is 6.78. The molecule has 6 rings (SSSR count). The first-order chi connectivity index (χ1) is 20.5. The summed E-state index contributed by atoms with van der Waals surface area (Å²) < 4.78 is 32.3. The highest BCUT2D eigenvalue weighted by Gasteiger charge is 2.50. The zero-order chi connectivity index (χ0) is 30.8. The van der Waals surface area contributed by atoms with Gasteiger partial charge >= 0.3 is 0 Å². The van der Waals surface area contributed by atoms with E-state index in [0.717, 1.165) is 6.07 Å². The molecule has 2 aromatic carbocycles.